The van der Waals surface area contributed by atoms with Crippen LogP contribution in [-0.2, 0) is 28.1 Å². The van der Waals surface area contributed by atoms with Gasteiger partial charge in [-0.2, -0.15) is 5.10 Å². The number of nitrogens with zero attached hydrogens (tertiary/aromatic N) is 2. The zero-order chi connectivity index (χ0) is 20.3. The summed E-state index contributed by atoms with van der Waals surface area (Å²) in [6, 6.07) is 8.16. The van der Waals surface area contributed by atoms with E-state index in [1.165, 1.54) is 12.1 Å². The molecule has 0 radical (unpaired) electrons. The standard InChI is InChI=1S/C21H27FN4O2/c1-21(2,3)18-10-17(24-25-18)11-23-20(28)15-7-8-19(27)26(13-15)12-14-5-4-6-16(22)9-14/h4-6,9-10,15H,7-8,11-13H2,1-3H3,(H,23,28)(H,24,25)/t15-/m0/s1. The number of carbonyl (C=O) groups excluding carboxylic acids is 2. The summed E-state index contributed by atoms with van der Waals surface area (Å²) in [7, 11) is 0. The van der Waals surface area contributed by atoms with Crippen molar-refractivity contribution in [3.8, 4) is 0 Å². The number of hydrogen-bond acceptors (Lipinski definition) is 3. The summed E-state index contributed by atoms with van der Waals surface area (Å²) in [6.45, 7) is 7.27. The molecule has 150 valence electrons. The molecule has 0 bridgehead atoms. The second-order valence-corrected chi connectivity index (χ2v) is 8.39. The Balaban J connectivity index is 1.56. The van der Waals surface area contributed by atoms with Gasteiger partial charge in [0.2, 0.25) is 11.8 Å². The van der Waals surface area contributed by atoms with Crippen LogP contribution in [0.1, 0.15) is 50.6 Å². The predicted octanol–water partition coefficient (Wildman–Crippen LogP) is 2.90. The molecule has 1 saturated heterocycles. The summed E-state index contributed by atoms with van der Waals surface area (Å²) in [5, 5.41) is 10.2. The SMILES string of the molecule is CC(C)(C)c1cc(CNC(=O)[C@H]2CCC(=O)N(Cc3cccc(F)c3)C2)[nH]n1. The summed E-state index contributed by atoms with van der Waals surface area (Å²) < 4.78 is 13.4. The zero-order valence-electron chi connectivity index (χ0n) is 16.6. The van der Waals surface area contributed by atoms with E-state index >= 15 is 0 Å². The Morgan fingerprint density at radius 3 is 2.82 bits per heavy atom. The maximum absolute atomic E-state index is 13.4. The van der Waals surface area contributed by atoms with Gasteiger partial charge in [0.25, 0.3) is 0 Å². The van der Waals surface area contributed by atoms with E-state index in [1.54, 1.807) is 17.0 Å². The normalized spacial score (nSPS) is 17.6. The maximum Gasteiger partial charge on any atom is 0.225 e. The molecule has 1 aromatic heterocycles. The van der Waals surface area contributed by atoms with Crippen LogP contribution in [0.3, 0.4) is 0 Å². The summed E-state index contributed by atoms with van der Waals surface area (Å²) in [4.78, 5) is 26.4. The number of aromatic amines is 1. The van der Waals surface area contributed by atoms with Crippen molar-refractivity contribution in [1.82, 2.24) is 20.4 Å². The predicted molar refractivity (Wildman–Crippen MR) is 104 cm³/mol. The molecule has 1 aromatic carbocycles. The Labute approximate surface area is 164 Å². The average Bonchev–Trinajstić information content (AvgIpc) is 3.11. The minimum atomic E-state index is -0.328. The highest BCUT2D eigenvalue weighted by Gasteiger charge is 2.30. The maximum atomic E-state index is 13.4. The Morgan fingerprint density at radius 2 is 2.14 bits per heavy atom. The van der Waals surface area contributed by atoms with Gasteiger partial charge in [0.1, 0.15) is 5.82 Å². The third-order valence-electron chi connectivity index (χ3n) is 4.99. The second kappa shape index (κ2) is 8.12. The fraction of sp³-hybridized carbons (Fsp3) is 0.476. The fourth-order valence-electron chi connectivity index (χ4n) is 3.30. The second-order valence-electron chi connectivity index (χ2n) is 8.39. The highest BCUT2D eigenvalue weighted by atomic mass is 19.1. The van der Waals surface area contributed by atoms with Crippen LogP contribution in [0.15, 0.2) is 30.3 Å². The van der Waals surface area contributed by atoms with Gasteiger partial charge >= 0.3 is 0 Å². The Bertz CT molecular complexity index is 856. The van der Waals surface area contributed by atoms with Gasteiger partial charge in [-0.05, 0) is 30.2 Å². The number of nitrogens with one attached hydrogen (secondary N) is 2. The van der Waals surface area contributed by atoms with E-state index in [4.69, 9.17) is 0 Å². The number of amides is 2. The van der Waals surface area contributed by atoms with E-state index in [9.17, 15) is 14.0 Å². The molecule has 6 nitrogen and oxygen atoms in total. The van der Waals surface area contributed by atoms with Crippen LogP contribution in [0.25, 0.3) is 0 Å². The van der Waals surface area contributed by atoms with E-state index in [-0.39, 0.29) is 29.0 Å². The summed E-state index contributed by atoms with van der Waals surface area (Å²) >= 11 is 0. The van der Waals surface area contributed by atoms with Crippen molar-refractivity contribution in [2.45, 2.75) is 52.1 Å². The van der Waals surface area contributed by atoms with Crippen molar-refractivity contribution < 1.29 is 14.0 Å². The van der Waals surface area contributed by atoms with Crippen LogP contribution < -0.4 is 5.32 Å². The van der Waals surface area contributed by atoms with Crippen LogP contribution in [0, 0.1) is 11.7 Å². The Hall–Kier alpha value is -2.70. The van der Waals surface area contributed by atoms with Crippen molar-refractivity contribution in [2.75, 3.05) is 6.54 Å². The minimum Gasteiger partial charge on any atom is -0.350 e. The number of piperidine rings is 1. The van der Waals surface area contributed by atoms with Crippen molar-refractivity contribution in [2.24, 2.45) is 5.92 Å². The molecule has 2 aromatic rings. The Morgan fingerprint density at radius 1 is 1.36 bits per heavy atom. The van der Waals surface area contributed by atoms with Gasteiger partial charge in [-0.3, -0.25) is 14.7 Å². The topological polar surface area (TPSA) is 78.1 Å². The summed E-state index contributed by atoms with van der Waals surface area (Å²) in [5.41, 5.74) is 2.46. The van der Waals surface area contributed by atoms with Gasteiger partial charge in [-0.15, -0.1) is 0 Å². The van der Waals surface area contributed by atoms with Gasteiger partial charge in [-0.1, -0.05) is 32.9 Å². The van der Waals surface area contributed by atoms with E-state index in [0.717, 1.165) is 17.0 Å². The summed E-state index contributed by atoms with van der Waals surface area (Å²) in [6.07, 6.45) is 0.853. The van der Waals surface area contributed by atoms with Crippen LogP contribution in [0.4, 0.5) is 4.39 Å². The van der Waals surface area contributed by atoms with Crippen LogP contribution in [0.2, 0.25) is 0 Å². The lowest BCUT2D eigenvalue weighted by Crippen LogP contribution is -2.45. The lowest BCUT2D eigenvalue weighted by Gasteiger charge is -2.32. The largest absolute Gasteiger partial charge is 0.350 e. The fourth-order valence-corrected chi connectivity index (χ4v) is 3.30. The molecule has 7 heteroatoms. The molecule has 2 amide bonds. The number of carbonyl (C=O) groups is 2. The molecule has 28 heavy (non-hydrogen) atoms. The number of H-pyrrole nitrogens is 1. The van der Waals surface area contributed by atoms with E-state index in [1.807, 2.05) is 6.07 Å². The van der Waals surface area contributed by atoms with Crippen LogP contribution >= 0.6 is 0 Å². The molecule has 0 unspecified atom stereocenters. The van der Waals surface area contributed by atoms with Crippen molar-refractivity contribution >= 4 is 11.8 Å². The van der Waals surface area contributed by atoms with Gasteiger partial charge in [-0.25, -0.2) is 4.39 Å². The first kappa shape index (κ1) is 20.0. The highest BCUT2D eigenvalue weighted by Crippen LogP contribution is 2.22. The molecular weight excluding hydrogens is 359 g/mol. The van der Waals surface area contributed by atoms with Crippen molar-refractivity contribution in [3.05, 3.63) is 53.1 Å². The molecule has 1 aliphatic rings. The number of hydrogen-bond donors (Lipinski definition) is 2. The van der Waals surface area contributed by atoms with Gasteiger partial charge < -0.3 is 10.2 Å². The molecule has 1 aliphatic heterocycles. The monoisotopic (exact) mass is 386 g/mol. The molecule has 1 atom stereocenters. The number of aromatic nitrogens is 2. The van der Waals surface area contributed by atoms with E-state index in [0.29, 0.717) is 32.5 Å². The average molecular weight is 386 g/mol. The van der Waals surface area contributed by atoms with E-state index < -0.39 is 0 Å². The van der Waals surface area contributed by atoms with Crippen molar-refractivity contribution in [3.63, 3.8) is 0 Å². The molecule has 2 N–H and O–H groups in total. The van der Waals surface area contributed by atoms with E-state index in [2.05, 4.69) is 36.3 Å². The molecule has 2 heterocycles. The molecule has 0 aliphatic carbocycles. The first-order chi connectivity index (χ1) is 13.2. The number of likely N-dealkylation sites (tertiary alicyclic amines) is 1. The lowest BCUT2D eigenvalue weighted by atomic mass is 9.92. The number of benzene rings is 1. The van der Waals surface area contributed by atoms with Gasteiger partial charge in [0, 0.05) is 24.9 Å². The molecule has 1 fully saturated rings. The third kappa shape index (κ3) is 4.97. The smallest absolute Gasteiger partial charge is 0.225 e. The van der Waals surface area contributed by atoms with Crippen LogP contribution in [-0.4, -0.2) is 33.5 Å². The summed E-state index contributed by atoms with van der Waals surface area (Å²) in [5.74, 6) is -0.679. The van der Waals surface area contributed by atoms with Crippen molar-refractivity contribution in [1.29, 1.82) is 0 Å². The highest BCUT2D eigenvalue weighted by molar-refractivity contribution is 5.83. The minimum absolute atomic E-state index is 0.00306. The zero-order valence-corrected chi connectivity index (χ0v) is 16.6. The quantitative estimate of drug-likeness (QED) is 0.829. The van der Waals surface area contributed by atoms with Gasteiger partial charge in [0.05, 0.1) is 23.9 Å². The lowest BCUT2D eigenvalue weighted by molar-refractivity contribution is -0.139. The Kier molecular flexibility index (Phi) is 5.82. The molecule has 0 spiro atoms. The first-order valence-electron chi connectivity index (χ1n) is 9.57. The van der Waals surface area contributed by atoms with Crippen LogP contribution in [0.5, 0.6) is 0 Å². The van der Waals surface area contributed by atoms with Gasteiger partial charge in [0.15, 0.2) is 0 Å². The molecule has 0 saturated carbocycles. The molecular formula is C21H27FN4O2. The first-order valence-corrected chi connectivity index (χ1v) is 9.57. The third-order valence-corrected chi connectivity index (χ3v) is 4.99. The molecule has 3 rings (SSSR count). The number of rotatable bonds is 5. The number of halogens is 1.